The molecule has 0 bridgehead atoms. The number of hydrogen-bond donors (Lipinski definition) is 1. The second-order valence-electron chi connectivity index (χ2n) is 6.70. The van der Waals surface area contributed by atoms with E-state index < -0.39 is 11.9 Å². The SMILES string of the molecule is CCOC(=O)c1cccc(N=c2oc3ccc(Br)cc3cc2C(=O)Nc2ccccn2)c1. The van der Waals surface area contributed by atoms with Crippen LogP contribution in [0, 0.1) is 0 Å². The van der Waals surface area contributed by atoms with Crippen molar-refractivity contribution >= 4 is 50.3 Å². The van der Waals surface area contributed by atoms with Gasteiger partial charge in [-0.05, 0) is 61.5 Å². The van der Waals surface area contributed by atoms with Gasteiger partial charge in [-0.3, -0.25) is 4.79 Å². The van der Waals surface area contributed by atoms with E-state index in [0.29, 0.717) is 22.7 Å². The fourth-order valence-electron chi connectivity index (χ4n) is 3.00. The molecule has 160 valence electrons. The molecule has 0 aliphatic carbocycles. The highest BCUT2D eigenvalue weighted by molar-refractivity contribution is 9.10. The Bertz CT molecular complexity index is 1370. The number of benzene rings is 2. The number of hydrogen-bond acceptors (Lipinski definition) is 6. The Morgan fingerprint density at radius 3 is 2.75 bits per heavy atom. The number of esters is 1. The van der Waals surface area contributed by atoms with Gasteiger partial charge in [0, 0.05) is 16.1 Å². The molecule has 0 unspecified atom stereocenters. The van der Waals surface area contributed by atoms with Crippen LogP contribution in [0.1, 0.15) is 27.6 Å². The highest BCUT2D eigenvalue weighted by atomic mass is 79.9. The molecule has 4 aromatic rings. The van der Waals surface area contributed by atoms with Crippen molar-refractivity contribution in [3.63, 3.8) is 0 Å². The van der Waals surface area contributed by atoms with Crippen molar-refractivity contribution in [1.82, 2.24) is 4.98 Å². The lowest BCUT2D eigenvalue weighted by molar-refractivity contribution is 0.0526. The van der Waals surface area contributed by atoms with Crippen molar-refractivity contribution in [3.05, 3.63) is 94.1 Å². The standard InChI is InChI=1S/C24H18BrN3O4/c1-2-31-24(30)15-6-5-7-18(13-15)27-23-19(22(29)28-21-8-3-4-11-26-21)14-16-12-17(25)9-10-20(16)32-23/h3-14H,2H2,1H3,(H,26,28,29). The van der Waals surface area contributed by atoms with E-state index in [0.717, 1.165) is 9.86 Å². The molecular weight excluding hydrogens is 474 g/mol. The van der Waals surface area contributed by atoms with Crippen LogP contribution in [0.5, 0.6) is 0 Å². The van der Waals surface area contributed by atoms with Gasteiger partial charge in [-0.25, -0.2) is 14.8 Å². The number of nitrogens with one attached hydrogen (secondary N) is 1. The minimum absolute atomic E-state index is 0.106. The van der Waals surface area contributed by atoms with E-state index in [1.54, 1.807) is 67.7 Å². The molecule has 2 aromatic heterocycles. The zero-order valence-corrected chi connectivity index (χ0v) is 18.6. The molecule has 8 heteroatoms. The number of aromatic nitrogens is 1. The number of amides is 1. The van der Waals surface area contributed by atoms with Crippen molar-refractivity contribution in [3.8, 4) is 0 Å². The molecule has 0 spiro atoms. The Kier molecular flexibility index (Phi) is 6.42. The van der Waals surface area contributed by atoms with E-state index in [9.17, 15) is 9.59 Å². The third-order valence-corrected chi connectivity index (χ3v) is 4.94. The molecule has 1 N–H and O–H groups in total. The topological polar surface area (TPSA) is 93.8 Å². The second kappa shape index (κ2) is 9.57. The third kappa shape index (κ3) is 4.92. The van der Waals surface area contributed by atoms with E-state index in [2.05, 4.69) is 31.2 Å². The molecule has 0 atom stereocenters. The van der Waals surface area contributed by atoms with Crippen molar-refractivity contribution < 1.29 is 18.7 Å². The van der Waals surface area contributed by atoms with Gasteiger partial charge in [0.15, 0.2) is 0 Å². The largest absolute Gasteiger partial charge is 0.462 e. The van der Waals surface area contributed by atoms with Gasteiger partial charge in [0.05, 0.1) is 17.9 Å². The Hall–Kier alpha value is -3.78. The second-order valence-corrected chi connectivity index (χ2v) is 7.61. The first kappa shape index (κ1) is 21.5. The summed E-state index contributed by atoms with van der Waals surface area (Å²) in [4.78, 5) is 33.8. The number of carbonyl (C=O) groups is 2. The predicted octanol–water partition coefficient (Wildman–Crippen LogP) is 5.25. The van der Waals surface area contributed by atoms with Gasteiger partial charge in [0.2, 0.25) is 5.55 Å². The van der Waals surface area contributed by atoms with Crippen LogP contribution in [0.25, 0.3) is 11.0 Å². The van der Waals surface area contributed by atoms with Gasteiger partial charge in [0.1, 0.15) is 17.0 Å². The maximum Gasteiger partial charge on any atom is 0.338 e. The molecule has 1 amide bonds. The minimum Gasteiger partial charge on any atom is -0.462 e. The van der Waals surface area contributed by atoms with Crippen LogP contribution in [0.3, 0.4) is 0 Å². The summed E-state index contributed by atoms with van der Waals surface area (Å²) in [6.07, 6.45) is 1.59. The summed E-state index contributed by atoms with van der Waals surface area (Å²) in [5.74, 6) is -0.463. The number of anilines is 1. The van der Waals surface area contributed by atoms with Crippen molar-refractivity contribution in [2.24, 2.45) is 4.99 Å². The summed E-state index contributed by atoms with van der Waals surface area (Å²) in [7, 11) is 0. The first-order valence-electron chi connectivity index (χ1n) is 9.81. The van der Waals surface area contributed by atoms with Crippen molar-refractivity contribution in [1.29, 1.82) is 0 Å². The summed E-state index contributed by atoms with van der Waals surface area (Å²) >= 11 is 3.43. The van der Waals surface area contributed by atoms with Gasteiger partial charge in [-0.15, -0.1) is 0 Å². The van der Waals surface area contributed by atoms with Gasteiger partial charge in [-0.1, -0.05) is 28.1 Å². The summed E-state index contributed by atoms with van der Waals surface area (Å²) in [6.45, 7) is 2.01. The molecule has 2 aromatic carbocycles. The van der Waals surface area contributed by atoms with Crippen LogP contribution < -0.4 is 10.9 Å². The summed E-state index contributed by atoms with van der Waals surface area (Å²) in [6, 6.07) is 19.0. The lowest BCUT2D eigenvalue weighted by Gasteiger charge is -2.07. The minimum atomic E-state index is -0.446. The summed E-state index contributed by atoms with van der Waals surface area (Å²) in [5, 5.41) is 3.48. The molecule has 7 nitrogen and oxygen atoms in total. The number of nitrogens with zero attached hydrogens (tertiary/aromatic N) is 2. The van der Waals surface area contributed by atoms with Gasteiger partial charge < -0.3 is 14.5 Å². The van der Waals surface area contributed by atoms with E-state index in [-0.39, 0.29) is 17.7 Å². The fourth-order valence-corrected chi connectivity index (χ4v) is 3.38. The van der Waals surface area contributed by atoms with Crippen molar-refractivity contribution in [2.45, 2.75) is 6.92 Å². The lowest BCUT2D eigenvalue weighted by atomic mass is 10.1. The molecule has 2 heterocycles. The Labute approximate surface area is 191 Å². The lowest BCUT2D eigenvalue weighted by Crippen LogP contribution is -2.22. The molecular formula is C24H18BrN3O4. The quantitative estimate of drug-likeness (QED) is 0.384. The average Bonchev–Trinajstić information content (AvgIpc) is 2.80. The van der Waals surface area contributed by atoms with Gasteiger partial charge >= 0.3 is 5.97 Å². The van der Waals surface area contributed by atoms with Gasteiger partial charge in [-0.2, -0.15) is 0 Å². The van der Waals surface area contributed by atoms with Crippen LogP contribution in [0.2, 0.25) is 0 Å². The fraction of sp³-hybridized carbons (Fsp3) is 0.0833. The van der Waals surface area contributed by atoms with Crippen LogP contribution in [0.15, 0.2) is 86.8 Å². The smallest absolute Gasteiger partial charge is 0.338 e. The highest BCUT2D eigenvalue weighted by Gasteiger charge is 2.14. The number of carbonyl (C=O) groups excluding carboxylic acids is 2. The predicted molar refractivity (Wildman–Crippen MR) is 124 cm³/mol. The van der Waals surface area contributed by atoms with E-state index >= 15 is 0 Å². The molecule has 32 heavy (non-hydrogen) atoms. The third-order valence-electron chi connectivity index (χ3n) is 4.45. The zero-order valence-electron chi connectivity index (χ0n) is 17.0. The first-order valence-corrected chi connectivity index (χ1v) is 10.6. The number of ether oxygens (including phenoxy) is 1. The molecule has 0 aliphatic rings. The first-order chi connectivity index (χ1) is 15.5. The maximum atomic E-state index is 13.1. The number of halogens is 1. The highest BCUT2D eigenvalue weighted by Crippen LogP contribution is 2.21. The van der Waals surface area contributed by atoms with Crippen LogP contribution in [-0.4, -0.2) is 23.5 Å². The van der Waals surface area contributed by atoms with E-state index in [1.165, 1.54) is 0 Å². The van der Waals surface area contributed by atoms with E-state index in [4.69, 9.17) is 9.15 Å². The molecule has 0 saturated heterocycles. The average molecular weight is 492 g/mol. The Balaban J connectivity index is 1.83. The van der Waals surface area contributed by atoms with Gasteiger partial charge in [0.25, 0.3) is 5.91 Å². The Morgan fingerprint density at radius 2 is 1.97 bits per heavy atom. The molecule has 0 radical (unpaired) electrons. The van der Waals surface area contributed by atoms with Crippen LogP contribution in [0.4, 0.5) is 11.5 Å². The molecule has 4 rings (SSSR count). The molecule has 0 saturated carbocycles. The number of fused-ring (bicyclic) bond motifs is 1. The molecule has 0 aliphatic heterocycles. The summed E-state index contributed by atoms with van der Waals surface area (Å²) in [5.41, 5.74) is 1.69. The van der Waals surface area contributed by atoms with E-state index in [1.807, 2.05) is 12.1 Å². The monoisotopic (exact) mass is 491 g/mol. The van der Waals surface area contributed by atoms with Crippen LogP contribution in [-0.2, 0) is 4.74 Å². The molecule has 0 fully saturated rings. The summed E-state index contributed by atoms with van der Waals surface area (Å²) < 4.78 is 11.9. The number of pyridine rings is 1. The zero-order chi connectivity index (χ0) is 22.5. The van der Waals surface area contributed by atoms with Crippen LogP contribution >= 0.6 is 15.9 Å². The Morgan fingerprint density at radius 1 is 1.09 bits per heavy atom. The van der Waals surface area contributed by atoms with Crippen molar-refractivity contribution in [2.75, 3.05) is 11.9 Å². The normalized spacial score (nSPS) is 11.4. The number of rotatable bonds is 5. The maximum absolute atomic E-state index is 13.1.